The molecule has 1 aromatic heterocycles. The standard InChI is InChI=1S/C16H10N/c1-10-7-12-6-5-11-3-2-4-13-9-17-14(8-10)16(12)15(11)13/h2-6,8-9H,1H3. The largest absolute Gasteiger partial charge is 0.256 e. The van der Waals surface area contributed by atoms with Crippen LogP contribution in [0.2, 0.25) is 0 Å². The van der Waals surface area contributed by atoms with Crippen LogP contribution in [0.1, 0.15) is 5.56 Å². The van der Waals surface area contributed by atoms with Gasteiger partial charge in [0.05, 0.1) is 5.52 Å². The number of benzene rings is 3. The SMILES string of the molecule is Cc1[c]c2ccc3cccc4cnc(c1)c2c34. The monoisotopic (exact) mass is 216 g/mol. The third-order valence-corrected chi connectivity index (χ3v) is 3.36. The molecular formula is C16H10N. The maximum Gasteiger partial charge on any atom is 0.0717 e. The molecule has 17 heavy (non-hydrogen) atoms. The fourth-order valence-corrected chi connectivity index (χ4v) is 2.65. The van der Waals surface area contributed by atoms with E-state index in [1.54, 1.807) is 0 Å². The number of aromatic nitrogens is 1. The molecule has 0 N–H and O–H groups in total. The van der Waals surface area contributed by atoms with Gasteiger partial charge in [-0.15, -0.1) is 0 Å². The average molecular weight is 216 g/mol. The number of aryl methyl sites for hydroxylation is 1. The van der Waals surface area contributed by atoms with Gasteiger partial charge in [0.1, 0.15) is 0 Å². The van der Waals surface area contributed by atoms with Gasteiger partial charge in [0.2, 0.25) is 0 Å². The van der Waals surface area contributed by atoms with Gasteiger partial charge in [0, 0.05) is 22.4 Å². The van der Waals surface area contributed by atoms with Gasteiger partial charge in [-0.3, -0.25) is 4.98 Å². The van der Waals surface area contributed by atoms with E-state index in [0.717, 1.165) is 16.5 Å². The van der Waals surface area contributed by atoms with Crippen LogP contribution in [0.15, 0.2) is 42.6 Å². The minimum Gasteiger partial charge on any atom is -0.256 e. The molecule has 4 aromatic rings. The third kappa shape index (κ3) is 1.11. The predicted octanol–water partition coefficient (Wildman–Crippen LogP) is 4.09. The highest BCUT2D eigenvalue weighted by Gasteiger charge is 2.08. The smallest absolute Gasteiger partial charge is 0.0717 e. The Hall–Kier alpha value is -2.15. The van der Waals surface area contributed by atoms with E-state index >= 15 is 0 Å². The topological polar surface area (TPSA) is 12.9 Å². The van der Waals surface area contributed by atoms with E-state index in [9.17, 15) is 0 Å². The van der Waals surface area contributed by atoms with E-state index in [2.05, 4.69) is 54.4 Å². The Bertz CT molecular complexity index is 782. The Labute approximate surface area is 99.0 Å². The number of rotatable bonds is 0. The summed E-state index contributed by atoms with van der Waals surface area (Å²) < 4.78 is 0. The maximum absolute atomic E-state index is 4.55. The molecule has 0 bridgehead atoms. The van der Waals surface area contributed by atoms with Crippen molar-refractivity contribution in [2.24, 2.45) is 0 Å². The van der Waals surface area contributed by atoms with Crippen molar-refractivity contribution in [2.45, 2.75) is 6.92 Å². The summed E-state index contributed by atoms with van der Waals surface area (Å²) in [6, 6.07) is 16.2. The van der Waals surface area contributed by atoms with Crippen molar-refractivity contribution in [3.63, 3.8) is 0 Å². The van der Waals surface area contributed by atoms with E-state index in [4.69, 9.17) is 0 Å². The first-order valence-corrected chi connectivity index (χ1v) is 5.75. The Morgan fingerprint density at radius 3 is 2.82 bits per heavy atom. The van der Waals surface area contributed by atoms with Gasteiger partial charge in [-0.2, -0.15) is 0 Å². The fraction of sp³-hybridized carbons (Fsp3) is 0.0625. The third-order valence-electron chi connectivity index (χ3n) is 3.36. The first kappa shape index (κ1) is 8.94. The van der Waals surface area contributed by atoms with Crippen LogP contribution in [0, 0.1) is 13.0 Å². The van der Waals surface area contributed by atoms with Crippen LogP contribution < -0.4 is 0 Å². The van der Waals surface area contributed by atoms with Crippen molar-refractivity contribution in [3.8, 4) is 0 Å². The van der Waals surface area contributed by atoms with Gasteiger partial charge < -0.3 is 0 Å². The molecule has 0 unspecified atom stereocenters. The van der Waals surface area contributed by atoms with Gasteiger partial charge in [-0.1, -0.05) is 30.3 Å². The molecule has 0 saturated heterocycles. The molecule has 0 amide bonds. The lowest BCUT2D eigenvalue weighted by atomic mass is 9.96. The molecule has 0 aliphatic heterocycles. The van der Waals surface area contributed by atoms with Gasteiger partial charge >= 0.3 is 0 Å². The van der Waals surface area contributed by atoms with Crippen LogP contribution in [0.5, 0.6) is 0 Å². The minimum atomic E-state index is 1.07. The van der Waals surface area contributed by atoms with E-state index in [-0.39, 0.29) is 0 Å². The summed E-state index contributed by atoms with van der Waals surface area (Å²) in [4.78, 5) is 4.55. The lowest BCUT2D eigenvalue weighted by molar-refractivity contribution is 1.42. The molecule has 4 rings (SSSR count). The highest BCUT2D eigenvalue weighted by molar-refractivity contribution is 6.21. The highest BCUT2D eigenvalue weighted by Crippen LogP contribution is 2.33. The first-order chi connectivity index (χ1) is 8.33. The summed E-state index contributed by atoms with van der Waals surface area (Å²) in [5.41, 5.74) is 2.21. The minimum absolute atomic E-state index is 1.07. The van der Waals surface area contributed by atoms with Crippen molar-refractivity contribution >= 4 is 32.4 Å². The molecule has 0 atom stereocenters. The summed E-state index contributed by atoms with van der Waals surface area (Å²) in [6.07, 6.45) is 1.96. The van der Waals surface area contributed by atoms with Gasteiger partial charge in [0.25, 0.3) is 0 Å². The molecule has 0 spiro atoms. The fourth-order valence-electron chi connectivity index (χ4n) is 2.65. The molecule has 0 aliphatic rings. The van der Waals surface area contributed by atoms with Crippen LogP contribution in [0.4, 0.5) is 0 Å². The lowest BCUT2D eigenvalue weighted by Crippen LogP contribution is -1.87. The van der Waals surface area contributed by atoms with Crippen LogP contribution >= 0.6 is 0 Å². The Balaban J connectivity index is 2.45. The summed E-state index contributed by atoms with van der Waals surface area (Å²) in [5.74, 6) is 0. The molecule has 0 saturated carbocycles. The van der Waals surface area contributed by atoms with Crippen molar-refractivity contribution < 1.29 is 0 Å². The maximum atomic E-state index is 4.55. The molecular weight excluding hydrogens is 206 g/mol. The van der Waals surface area contributed by atoms with Gasteiger partial charge in [-0.25, -0.2) is 0 Å². The molecule has 1 radical (unpaired) electrons. The zero-order valence-corrected chi connectivity index (χ0v) is 9.49. The molecule has 79 valence electrons. The van der Waals surface area contributed by atoms with E-state index in [0.29, 0.717) is 0 Å². The normalized spacial score (nSPS) is 11.8. The van der Waals surface area contributed by atoms with Crippen molar-refractivity contribution in [2.75, 3.05) is 0 Å². The summed E-state index contributed by atoms with van der Waals surface area (Å²) in [5, 5.41) is 6.20. The van der Waals surface area contributed by atoms with E-state index in [1.165, 1.54) is 21.5 Å². The zero-order chi connectivity index (χ0) is 11.4. The van der Waals surface area contributed by atoms with Gasteiger partial charge in [0.15, 0.2) is 0 Å². The second-order valence-corrected chi connectivity index (χ2v) is 4.53. The number of nitrogens with zero attached hydrogens (tertiary/aromatic N) is 1. The molecule has 3 aromatic carbocycles. The predicted molar refractivity (Wildman–Crippen MR) is 71.5 cm³/mol. The Morgan fingerprint density at radius 2 is 1.88 bits per heavy atom. The Morgan fingerprint density at radius 1 is 1.00 bits per heavy atom. The van der Waals surface area contributed by atoms with Crippen LogP contribution in [-0.2, 0) is 0 Å². The molecule has 1 nitrogen and oxygen atoms in total. The Kier molecular flexibility index (Phi) is 1.55. The van der Waals surface area contributed by atoms with Crippen molar-refractivity contribution in [3.05, 3.63) is 54.2 Å². The van der Waals surface area contributed by atoms with Crippen LogP contribution in [-0.4, -0.2) is 4.98 Å². The van der Waals surface area contributed by atoms with Crippen LogP contribution in [0.3, 0.4) is 0 Å². The summed E-state index contributed by atoms with van der Waals surface area (Å²) >= 11 is 0. The van der Waals surface area contributed by atoms with Crippen LogP contribution in [0.25, 0.3) is 32.4 Å². The highest BCUT2D eigenvalue weighted by atomic mass is 14.6. The molecule has 0 fully saturated rings. The number of pyridine rings is 1. The van der Waals surface area contributed by atoms with Crippen molar-refractivity contribution in [1.82, 2.24) is 4.98 Å². The molecule has 1 heteroatoms. The van der Waals surface area contributed by atoms with Gasteiger partial charge in [-0.05, 0) is 35.4 Å². The second kappa shape index (κ2) is 2.95. The second-order valence-electron chi connectivity index (χ2n) is 4.53. The van der Waals surface area contributed by atoms with E-state index < -0.39 is 0 Å². The summed E-state index contributed by atoms with van der Waals surface area (Å²) in [6.45, 7) is 2.07. The molecule has 0 aliphatic carbocycles. The zero-order valence-electron chi connectivity index (χ0n) is 9.49. The quantitative estimate of drug-likeness (QED) is 0.403. The first-order valence-electron chi connectivity index (χ1n) is 5.75. The molecule has 1 heterocycles. The lowest BCUT2D eigenvalue weighted by Gasteiger charge is -2.09. The number of hydrogen-bond acceptors (Lipinski definition) is 1. The summed E-state index contributed by atoms with van der Waals surface area (Å²) in [7, 11) is 0. The number of hydrogen-bond donors (Lipinski definition) is 0. The van der Waals surface area contributed by atoms with E-state index in [1.807, 2.05) is 6.20 Å². The van der Waals surface area contributed by atoms with Crippen molar-refractivity contribution in [1.29, 1.82) is 0 Å². The average Bonchev–Trinajstić information content (AvgIpc) is 2.35.